The summed E-state index contributed by atoms with van der Waals surface area (Å²) in [4.78, 5) is 0.293. The Kier molecular flexibility index (Phi) is 5.46. The minimum absolute atomic E-state index is 0.0328. The van der Waals surface area contributed by atoms with E-state index >= 15 is 0 Å². The number of alkyl halides is 4. The average Bonchev–Trinajstić information content (AvgIpc) is 2.28. The van der Waals surface area contributed by atoms with E-state index in [-0.39, 0.29) is 6.54 Å². The van der Waals surface area contributed by atoms with Gasteiger partial charge in [-0.2, -0.15) is 13.2 Å². The van der Waals surface area contributed by atoms with Crippen molar-refractivity contribution in [2.75, 3.05) is 13.1 Å². The van der Waals surface area contributed by atoms with Crippen LogP contribution in [0.2, 0.25) is 0 Å². The molecule has 0 spiro atoms. The third kappa shape index (κ3) is 5.08. The van der Waals surface area contributed by atoms with E-state index in [9.17, 15) is 13.2 Å². The first-order valence-electron chi connectivity index (χ1n) is 5.40. The topological polar surface area (TPSA) is 3.24 Å². The van der Waals surface area contributed by atoms with Crippen molar-refractivity contribution in [3.05, 3.63) is 35.9 Å². The van der Waals surface area contributed by atoms with E-state index in [1.165, 1.54) is 0 Å². The molecule has 1 unspecified atom stereocenters. The SMILES string of the molecule is CCN(Cc1ccccc1)CC(Br)C(F)(F)F. The Hall–Kier alpha value is -0.550. The summed E-state index contributed by atoms with van der Waals surface area (Å²) in [5.74, 6) is 0. The monoisotopic (exact) mass is 309 g/mol. The van der Waals surface area contributed by atoms with E-state index < -0.39 is 11.0 Å². The average molecular weight is 310 g/mol. The third-order valence-electron chi connectivity index (χ3n) is 2.47. The molecule has 0 saturated heterocycles. The number of halogens is 4. The zero-order valence-electron chi connectivity index (χ0n) is 9.54. The van der Waals surface area contributed by atoms with Crippen LogP contribution in [0.3, 0.4) is 0 Å². The fraction of sp³-hybridized carbons (Fsp3) is 0.500. The van der Waals surface area contributed by atoms with Crippen molar-refractivity contribution in [3.8, 4) is 0 Å². The molecule has 0 aliphatic heterocycles. The van der Waals surface area contributed by atoms with E-state index in [0.29, 0.717) is 13.1 Å². The maximum atomic E-state index is 12.4. The van der Waals surface area contributed by atoms with E-state index in [2.05, 4.69) is 15.9 Å². The maximum absolute atomic E-state index is 12.4. The Morgan fingerprint density at radius 2 is 1.82 bits per heavy atom. The molecule has 0 radical (unpaired) electrons. The van der Waals surface area contributed by atoms with Crippen LogP contribution in [0.1, 0.15) is 12.5 Å². The van der Waals surface area contributed by atoms with Crippen LogP contribution in [0.5, 0.6) is 0 Å². The van der Waals surface area contributed by atoms with Gasteiger partial charge >= 0.3 is 6.18 Å². The van der Waals surface area contributed by atoms with Gasteiger partial charge in [0.05, 0.1) is 0 Å². The molecule has 1 atom stereocenters. The molecular formula is C12H15BrF3N. The highest BCUT2D eigenvalue weighted by Crippen LogP contribution is 2.27. The lowest BCUT2D eigenvalue weighted by molar-refractivity contribution is -0.130. The number of nitrogens with zero attached hydrogens (tertiary/aromatic N) is 1. The molecule has 0 aromatic heterocycles. The molecule has 1 aromatic carbocycles. The van der Waals surface area contributed by atoms with Crippen LogP contribution in [0.4, 0.5) is 13.2 Å². The van der Waals surface area contributed by atoms with E-state index in [4.69, 9.17) is 0 Å². The molecule has 17 heavy (non-hydrogen) atoms. The van der Waals surface area contributed by atoms with Crippen molar-refractivity contribution < 1.29 is 13.2 Å². The van der Waals surface area contributed by atoms with Crippen molar-refractivity contribution in [1.82, 2.24) is 4.90 Å². The first-order chi connectivity index (χ1) is 7.93. The highest BCUT2D eigenvalue weighted by molar-refractivity contribution is 9.09. The second-order valence-corrected chi connectivity index (χ2v) is 4.93. The van der Waals surface area contributed by atoms with Gasteiger partial charge in [-0.1, -0.05) is 53.2 Å². The highest BCUT2D eigenvalue weighted by Gasteiger charge is 2.38. The molecule has 1 aromatic rings. The van der Waals surface area contributed by atoms with Crippen molar-refractivity contribution in [2.45, 2.75) is 24.5 Å². The van der Waals surface area contributed by atoms with Crippen LogP contribution in [-0.2, 0) is 6.54 Å². The van der Waals surface area contributed by atoms with E-state index in [0.717, 1.165) is 5.56 Å². The second kappa shape index (κ2) is 6.40. The van der Waals surface area contributed by atoms with Gasteiger partial charge in [0.15, 0.2) is 0 Å². The summed E-state index contributed by atoms with van der Waals surface area (Å²) in [6.45, 7) is 2.95. The van der Waals surface area contributed by atoms with Crippen LogP contribution < -0.4 is 0 Å². The molecule has 0 aliphatic rings. The smallest absolute Gasteiger partial charge is 0.298 e. The fourth-order valence-corrected chi connectivity index (χ4v) is 1.89. The van der Waals surface area contributed by atoms with Gasteiger partial charge in [-0.3, -0.25) is 4.90 Å². The van der Waals surface area contributed by atoms with Crippen LogP contribution in [-0.4, -0.2) is 29.0 Å². The predicted octanol–water partition coefficient (Wildman–Crippen LogP) is 3.83. The lowest BCUT2D eigenvalue weighted by Crippen LogP contribution is -2.37. The first-order valence-corrected chi connectivity index (χ1v) is 6.32. The third-order valence-corrected chi connectivity index (χ3v) is 3.28. The molecule has 5 heteroatoms. The maximum Gasteiger partial charge on any atom is 0.402 e. The molecule has 0 N–H and O–H groups in total. The minimum atomic E-state index is -4.19. The number of hydrogen-bond donors (Lipinski definition) is 0. The predicted molar refractivity (Wildman–Crippen MR) is 66.2 cm³/mol. The second-order valence-electron chi connectivity index (χ2n) is 3.82. The molecule has 0 aliphatic carbocycles. The van der Waals surface area contributed by atoms with Gasteiger partial charge in [-0.05, 0) is 12.1 Å². The Bertz CT molecular complexity index is 326. The summed E-state index contributed by atoms with van der Waals surface area (Å²) in [6.07, 6.45) is -4.19. The molecule has 0 fully saturated rings. The largest absolute Gasteiger partial charge is 0.402 e. The quantitative estimate of drug-likeness (QED) is 0.747. The summed E-state index contributed by atoms with van der Waals surface area (Å²) in [6, 6.07) is 9.50. The molecule has 0 amide bonds. The van der Waals surface area contributed by atoms with E-state index in [1.54, 1.807) is 4.90 Å². The summed E-state index contributed by atoms with van der Waals surface area (Å²) < 4.78 is 37.2. The van der Waals surface area contributed by atoms with Crippen LogP contribution in [0.15, 0.2) is 30.3 Å². The zero-order chi connectivity index (χ0) is 12.9. The summed E-state index contributed by atoms with van der Waals surface area (Å²) in [5.41, 5.74) is 1.02. The van der Waals surface area contributed by atoms with Crippen LogP contribution in [0, 0.1) is 0 Å². The molecule has 0 heterocycles. The Morgan fingerprint density at radius 3 is 2.29 bits per heavy atom. The van der Waals surface area contributed by atoms with Crippen molar-refractivity contribution in [2.24, 2.45) is 0 Å². The zero-order valence-corrected chi connectivity index (χ0v) is 11.1. The number of benzene rings is 1. The summed E-state index contributed by atoms with van der Waals surface area (Å²) in [5, 5.41) is 0. The van der Waals surface area contributed by atoms with Crippen molar-refractivity contribution in [1.29, 1.82) is 0 Å². The van der Waals surface area contributed by atoms with Gasteiger partial charge in [0.25, 0.3) is 0 Å². The normalized spacial score (nSPS) is 14.0. The molecule has 0 saturated carbocycles. The van der Waals surface area contributed by atoms with Gasteiger partial charge in [0.2, 0.25) is 0 Å². The number of rotatable bonds is 5. The van der Waals surface area contributed by atoms with Crippen LogP contribution >= 0.6 is 15.9 Å². The fourth-order valence-electron chi connectivity index (χ4n) is 1.48. The molecule has 1 nitrogen and oxygen atoms in total. The standard InChI is InChI=1S/C12H15BrF3N/c1-2-17(9-11(13)12(14,15)16)8-10-6-4-3-5-7-10/h3-7,11H,2,8-9H2,1H3. The van der Waals surface area contributed by atoms with E-state index in [1.807, 2.05) is 37.3 Å². The van der Waals surface area contributed by atoms with Gasteiger partial charge < -0.3 is 0 Å². The summed E-state index contributed by atoms with van der Waals surface area (Å²) in [7, 11) is 0. The lowest BCUT2D eigenvalue weighted by Gasteiger charge is -2.24. The molecule has 1 rings (SSSR count). The van der Waals surface area contributed by atoms with Gasteiger partial charge in [0.1, 0.15) is 4.83 Å². The molecule has 96 valence electrons. The Balaban J connectivity index is 2.55. The minimum Gasteiger partial charge on any atom is -0.298 e. The van der Waals surface area contributed by atoms with Crippen LogP contribution in [0.25, 0.3) is 0 Å². The number of hydrogen-bond acceptors (Lipinski definition) is 1. The van der Waals surface area contributed by atoms with Gasteiger partial charge in [-0.25, -0.2) is 0 Å². The summed E-state index contributed by atoms with van der Waals surface area (Å²) >= 11 is 2.69. The highest BCUT2D eigenvalue weighted by atomic mass is 79.9. The molecular weight excluding hydrogens is 295 g/mol. The Labute approximate surface area is 108 Å². The lowest BCUT2D eigenvalue weighted by atomic mass is 10.2. The van der Waals surface area contributed by atoms with Crippen molar-refractivity contribution in [3.63, 3.8) is 0 Å². The molecule has 0 bridgehead atoms. The van der Waals surface area contributed by atoms with Crippen molar-refractivity contribution >= 4 is 15.9 Å². The first kappa shape index (κ1) is 14.5. The van der Waals surface area contributed by atoms with Gasteiger partial charge in [0, 0.05) is 13.1 Å². The van der Waals surface area contributed by atoms with Gasteiger partial charge in [-0.15, -0.1) is 0 Å². The Morgan fingerprint density at radius 1 is 1.24 bits per heavy atom.